The van der Waals surface area contributed by atoms with Crippen LogP contribution in [0, 0.1) is 0 Å². The first-order chi connectivity index (χ1) is 7.98. The SMILES string of the molecule is CC1(C)CCN(C(=O)c2ccc(Cl)o2)CCS1. The summed E-state index contributed by atoms with van der Waals surface area (Å²) in [5, 5.41) is 0.262. The zero-order valence-corrected chi connectivity index (χ0v) is 11.6. The minimum absolute atomic E-state index is 0.0600. The third kappa shape index (κ3) is 3.19. The van der Waals surface area contributed by atoms with Crippen LogP contribution < -0.4 is 0 Å². The van der Waals surface area contributed by atoms with Crippen molar-refractivity contribution in [2.24, 2.45) is 0 Å². The van der Waals surface area contributed by atoms with Crippen LogP contribution in [-0.4, -0.2) is 34.4 Å². The number of nitrogens with zero attached hydrogens (tertiary/aromatic N) is 1. The zero-order valence-electron chi connectivity index (χ0n) is 10.0. The lowest BCUT2D eigenvalue weighted by Gasteiger charge is -2.22. The van der Waals surface area contributed by atoms with Crippen molar-refractivity contribution >= 4 is 29.3 Å². The van der Waals surface area contributed by atoms with Crippen molar-refractivity contribution in [3.63, 3.8) is 0 Å². The van der Waals surface area contributed by atoms with Crippen molar-refractivity contribution in [1.29, 1.82) is 0 Å². The number of thioether (sulfide) groups is 1. The van der Waals surface area contributed by atoms with Gasteiger partial charge in [0.1, 0.15) is 0 Å². The zero-order chi connectivity index (χ0) is 12.5. The van der Waals surface area contributed by atoms with Crippen LogP contribution in [0.1, 0.15) is 30.8 Å². The van der Waals surface area contributed by atoms with Gasteiger partial charge in [-0.25, -0.2) is 0 Å². The van der Waals surface area contributed by atoms with Crippen molar-refractivity contribution in [2.75, 3.05) is 18.8 Å². The summed E-state index contributed by atoms with van der Waals surface area (Å²) in [5.74, 6) is 1.24. The molecule has 2 heterocycles. The van der Waals surface area contributed by atoms with Gasteiger partial charge in [0.05, 0.1) is 0 Å². The second-order valence-corrected chi connectivity index (χ2v) is 6.93. The predicted octanol–water partition coefficient (Wildman–Crippen LogP) is 3.29. The van der Waals surface area contributed by atoms with E-state index in [0.29, 0.717) is 5.76 Å². The molecule has 0 aromatic carbocycles. The number of hydrogen-bond donors (Lipinski definition) is 0. The summed E-state index contributed by atoms with van der Waals surface area (Å²) in [5.41, 5.74) is 0. The summed E-state index contributed by atoms with van der Waals surface area (Å²) in [7, 11) is 0. The summed E-state index contributed by atoms with van der Waals surface area (Å²) in [6.07, 6.45) is 0.998. The van der Waals surface area contributed by atoms with Crippen LogP contribution in [0.4, 0.5) is 0 Å². The lowest BCUT2D eigenvalue weighted by molar-refractivity contribution is 0.0733. The average molecular weight is 274 g/mol. The third-order valence-corrected chi connectivity index (χ3v) is 4.48. The van der Waals surface area contributed by atoms with E-state index < -0.39 is 0 Å². The molecule has 0 spiro atoms. The van der Waals surface area contributed by atoms with Crippen molar-refractivity contribution in [3.05, 3.63) is 23.1 Å². The highest BCUT2D eigenvalue weighted by Gasteiger charge is 2.27. The molecule has 94 valence electrons. The molecule has 0 saturated carbocycles. The molecule has 1 aliphatic rings. The largest absolute Gasteiger partial charge is 0.440 e. The van der Waals surface area contributed by atoms with E-state index >= 15 is 0 Å². The van der Waals surface area contributed by atoms with Crippen LogP contribution in [0.2, 0.25) is 5.22 Å². The van der Waals surface area contributed by atoms with E-state index in [1.54, 1.807) is 12.1 Å². The van der Waals surface area contributed by atoms with Crippen LogP contribution >= 0.6 is 23.4 Å². The van der Waals surface area contributed by atoms with E-state index in [9.17, 15) is 4.79 Å². The smallest absolute Gasteiger partial charge is 0.289 e. The van der Waals surface area contributed by atoms with Gasteiger partial charge in [0.15, 0.2) is 11.0 Å². The Balaban J connectivity index is 2.05. The van der Waals surface area contributed by atoms with Gasteiger partial charge in [-0.2, -0.15) is 11.8 Å². The number of carbonyl (C=O) groups excluding carboxylic acids is 1. The maximum Gasteiger partial charge on any atom is 0.289 e. The molecule has 1 amide bonds. The van der Waals surface area contributed by atoms with E-state index in [1.165, 1.54) is 0 Å². The summed E-state index contributed by atoms with van der Waals surface area (Å²) < 4.78 is 5.40. The fourth-order valence-electron chi connectivity index (χ4n) is 1.81. The van der Waals surface area contributed by atoms with E-state index in [4.69, 9.17) is 16.0 Å². The first-order valence-electron chi connectivity index (χ1n) is 5.66. The molecule has 3 nitrogen and oxygen atoms in total. The third-order valence-electron chi connectivity index (χ3n) is 2.91. The second kappa shape index (κ2) is 4.94. The van der Waals surface area contributed by atoms with Crippen molar-refractivity contribution in [3.8, 4) is 0 Å². The average Bonchev–Trinajstić information content (AvgIpc) is 2.60. The molecule has 5 heteroatoms. The monoisotopic (exact) mass is 273 g/mol. The highest BCUT2D eigenvalue weighted by Crippen LogP contribution is 2.31. The number of rotatable bonds is 1. The number of furan rings is 1. The molecular weight excluding hydrogens is 258 g/mol. The van der Waals surface area contributed by atoms with Gasteiger partial charge in [0.2, 0.25) is 0 Å². The molecule has 1 aliphatic heterocycles. The molecule has 0 unspecified atom stereocenters. The standard InChI is InChI=1S/C12H16ClNO2S/c1-12(2)5-6-14(7-8-17-12)11(15)9-3-4-10(13)16-9/h3-4H,5-8H2,1-2H3. The van der Waals surface area contributed by atoms with Gasteiger partial charge in [0.25, 0.3) is 5.91 Å². The van der Waals surface area contributed by atoms with Gasteiger partial charge in [-0.05, 0) is 30.2 Å². The van der Waals surface area contributed by atoms with Crippen LogP contribution in [-0.2, 0) is 0 Å². The molecule has 0 bridgehead atoms. The lowest BCUT2D eigenvalue weighted by Crippen LogP contribution is -2.33. The van der Waals surface area contributed by atoms with Gasteiger partial charge < -0.3 is 9.32 Å². The van der Waals surface area contributed by atoms with Crippen molar-refractivity contribution in [2.45, 2.75) is 25.0 Å². The molecular formula is C12H16ClNO2S. The molecule has 0 N–H and O–H groups in total. The molecule has 2 rings (SSSR count). The first-order valence-corrected chi connectivity index (χ1v) is 7.03. The Morgan fingerprint density at radius 3 is 2.88 bits per heavy atom. The molecule has 1 aromatic heterocycles. The summed E-state index contributed by atoms with van der Waals surface area (Å²) in [6, 6.07) is 3.24. The number of carbonyl (C=O) groups is 1. The fourth-order valence-corrected chi connectivity index (χ4v) is 3.05. The Bertz CT molecular complexity index is 416. The van der Waals surface area contributed by atoms with Crippen LogP contribution in [0.5, 0.6) is 0 Å². The first kappa shape index (κ1) is 12.8. The lowest BCUT2D eigenvalue weighted by atomic mass is 10.1. The summed E-state index contributed by atoms with van der Waals surface area (Å²) >= 11 is 7.59. The second-order valence-electron chi connectivity index (χ2n) is 4.75. The normalized spacial score (nSPS) is 20.1. The number of hydrogen-bond acceptors (Lipinski definition) is 3. The van der Waals surface area contributed by atoms with Crippen LogP contribution in [0.15, 0.2) is 16.5 Å². The van der Waals surface area contributed by atoms with Gasteiger partial charge in [0, 0.05) is 23.6 Å². The number of halogens is 1. The van der Waals surface area contributed by atoms with Crippen LogP contribution in [0.25, 0.3) is 0 Å². The van der Waals surface area contributed by atoms with E-state index in [1.807, 2.05) is 16.7 Å². The van der Waals surface area contributed by atoms with Gasteiger partial charge >= 0.3 is 0 Å². The topological polar surface area (TPSA) is 33.5 Å². The predicted molar refractivity (Wildman–Crippen MR) is 70.8 cm³/mol. The van der Waals surface area contributed by atoms with Crippen molar-refractivity contribution in [1.82, 2.24) is 4.90 Å². The minimum atomic E-state index is -0.0600. The molecule has 1 saturated heterocycles. The van der Waals surface area contributed by atoms with E-state index in [0.717, 1.165) is 25.3 Å². The molecule has 0 atom stereocenters. The highest BCUT2D eigenvalue weighted by atomic mass is 35.5. The Morgan fingerprint density at radius 2 is 2.24 bits per heavy atom. The van der Waals surface area contributed by atoms with Crippen molar-refractivity contribution < 1.29 is 9.21 Å². The quantitative estimate of drug-likeness (QED) is 0.787. The Kier molecular flexibility index (Phi) is 3.73. The number of amides is 1. The van der Waals surface area contributed by atoms with E-state index in [-0.39, 0.29) is 15.9 Å². The van der Waals surface area contributed by atoms with Gasteiger partial charge in [-0.3, -0.25) is 4.79 Å². The summed E-state index contributed by atoms with van der Waals surface area (Å²) in [4.78, 5) is 14.0. The fraction of sp³-hybridized carbons (Fsp3) is 0.583. The van der Waals surface area contributed by atoms with Gasteiger partial charge in [-0.15, -0.1) is 0 Å². The molecule has 1 fully saturated rings. The molecule has 1 aromatic rings. The molecule has 0 radical (unpaired) electrons. The Hall–Kier alpha value is -0.610. The van der Waals surface area contributed by atoms with Gasteiger partial charge in [-0.1, -0.05) is 13.8 Å². The molecule has 17 heavy (non-hydrogen) atoms. The Morgan fingerprint density at radius 1 is 1.47 bits per heavy atom. The Labute approximate surface area is 110 Å². The molecule has 0 aliphatic carbocycles. The summed E-state index contributed by atoms with van der Waals surface area (Å²) in [6.45, 7) is 5.98. The maximum atomic E-state index is 12.1. The maximum absolute atomic E-state index is 12.1. The minimum Gasteiger partial charge on any atom is -0.440 e. The van der Waals surface area contributed by atoms with E-state index in [2.05, 4.69) is 13.8 Å². The highest BCUT2D eigenvalue weighted by molar-refractivity contribution is 8.00. The van der Waals surface area contributed by atoms with Crippen LogP contribution in [0.3, 0.4) is 0 Å².